The Balaban J connectivity index is 1.64. The summed E-state index contributed by atoms with van der Waals surface area (Å²) in [5, 5.41) is 3.17. The van der Waals surface area contributed by atoms with E-state index in [4.69, 9.17) is 0 Å². The van der Waals surface area contributed by atoms with Crippen LogP contribution in [0.15, 0.2) is 54.2 Å². The molecule has 0 saturated carbocycles. The maximum Gasteiger partial charge on any atom is 0.278 e. The zero-order valence-electron chi connectivity index (χ0n) is 18.0. The van der Waals surface area contributed by atoms with Crippen molar-refractivity contribution in [1.82, 2.24) is 4.90 Å². The number of piperidine rings is 1. The zero-order valence-corrected chi connectivity index (χ0v) is 18.0. The Morgan fingerprint density at radius 3 is 2.16 bits per heavy atom. The van der Waals surface area contributed by atoms with Crippen LogP contribution < -0.4 is 10.2 Å². The quantitative estimate of drug-likeness (QED) is 0.689. The molecule has 5 nitrogen and oxygen atoms in total. The molecule has 162 valence electrons. The van der Waals surface area contributed by atoms with Gasteiger partial charge in [-0.1, -0.05) is 26.0 Å². The lowest BCUT2D eigenvalue weighted by Crippen LogP contribution is -2.35. The molecule has 2 aliphatic rings. The summed E-state index contributed by atoms with van der Waals surface area (Å²) >= 11 is 0. The molecule has 31 heavy (non-hydrogen) atoms. The number of hydrogen-bond acceptors (Lipinski definition) is 4. The Morgan fingerprint density at radius 1 is 0.903 bits per heavy atom. The minimum Gasteiger partial charge on any atom is -0.372 e. The molecular weight excluding hydrogens is 393 g/mol. The van der Waals surface area contributed by atoms with E-state index < -0.39 is 0 Å². The fourth-order valence-corrected chi connectivity index (χ4v) is 4.16. The predicted molar refractivity (Wildman–Crippen MR) is 121 cm³/mol. The molecule has 0 aromatic heterocycles. The van der Waals surface area contributed by atoms with Crippen LogP contribution in [0.1, 0.15) is 38.7 Å². The first-order chi connectivity index (χ1) is 14.9. The largest absolute Gasteiger partial charge is 0.372 e. The van der Waals surface area contributed by atoms with E-state index >= 15 is 0 Å². The number of amides is 2. The first kappa shape index (κ1) is 21.1. The Morgan fingerprint density at radius 2 is 1.55 bits per heavy atom. The summed E-state index contributed by atoms with van der Waals surface area (Å²) in [5.41, 5.74) is 2.95. The van der Waals surface area contributed by atoms with E-state index in [2.05, 4.69) is 10.2 Å². The van der Waals surface area contributed by atoms with E-state index in [0.717, 1.165) is 24.5 Å². The topological polar surface area (TPSA) is 52.7 Å². The van der Waals surface area contributed by atoms with Crippen LogP contribution in [0.2, 0.25) is 0 Å². The van der Waals surface area contributed by atoms with Gasteiger partial charge in [0.25, 0.3) is 11.8 Å². The average Bonchev–Trinajstić information content (AvgIpc) is 2.99. The third-order valence-corrected chi connectivity index (χ3v) is 5.71. The number of rotatable bonds is 6. The molecule has 1 fully saturated rings. The lowest BCUT2D eigenvalue weighted by molar-refractivity contribution is -0.137. The zero-order chi connectivity index (χ0) is 22.0. The van der Waals surface area contributed by atoms with Crippen LogP contribution in [0.25, 0.3) is 5.57 Å². The average molecular weight is 422 g/mol. The van der Waals surface area contributed by atoms with Crippen LogP contribution in [0.4, 0.5) is 15.8 Å². The molecule has 0 radical (unpaired) electrons. The molecule has 4 rings (SSSR count). The second-order valence-corrected chi connectivity index (χ2v) is 8.59. The summed E-state index contributed by atoms with van der Waals surface area (Å²) in [6.07, 6.45) is 3.69. The monoisotopic (exact) mass is 421 g/mol. The Kier molecular flexibility index (Phi) is 6.07. The third-order valence-electron chi connectivity index (χ3n) is 5.71. The van der Waals surface area contributed by atoms with Crippen LogP contribution in [0.5, 0.6) is 0 Å². The Hall–Kier alpha value is -3.15. The first-order valence-electron chi connectivity index (χ1n) is 10.9. The molecule has 0 bridgehead atoms. The van der Waals surface area contributed by atoms with E-state index in [0.29, 0.717) is 12.1 Å². The molecule has 1 N–H and O–H groups in total. The lowest BCUT2D eigenvalue weighted by Gasteiger charge is -2.28. The van der Waals surface area contributed by atoms with Gasteiger partial charge < -0.3 is 10.2 Å². The van der Waals surface area contributed by atoms with Gasteiger partial charge in [-0.05, 0) is 67.1 Å². The van der Waals surface area contributed by atoms with Gasteiger partial charge in [-0.3, -0.25) is 14.5 Å². The van der Waals surface area contributed by atoms with E-state index in [-0.39, 0.29) is 34.8 Å². The SMILES string of the molecule is CC(C)CN1C(=O)C(Nc2ccc(N3CCCCC3)cc2)=C(c2ccc(F)cc2)C1=O. The number of nitrogens with one attached hydrogen (secondary N) is 1. The second-order valence-electron chi connectivity index (χ2n) is 8.59. The number of anilines is 2. The fraction of sp³-hybridized carbons (Fsp3) is 0.360. The standard InChI is InChI=1S/C25H28FN3O2/c1-17(2)16-29-24(30)22(18-6-8-19(26)9-7-18)23(25(29)31)27-20-10-12-21(13-11-20)28-14-4-3-5-15-28/h6-13,17,27H,3-5,14-16H2,1-2H3. The van der Waals surface area contributed by atoms with Crippen molar-refractivity contribution in [3.05, 3.63) is 65.6 Å². The maximum atomic E-state index is 13.4. The van der Waals surface area contributed by atoms with Crippen molar-refractivity contribution in [2.75, 3.05) is 29.9 Å². The van der Waals surface area contributed by atoms with Crippen molar-refractivity contribution in [3.63, 3.8) is 0 Å². The number of nitrogens with zero attached hydrogens (tertiary/aromatic N) is 2. The number of halogens is 1. The summed E-state index contributed by atoms with van der Waals surface area (Å²) in [7, 11) is 0. The molecule has 0 unspecified atom stereocenters. The molecule has 2 heterocycles. The van der Waals surface area contributed by atoms with Gasteiger partial charge in [-0.25, -0.2) is 4.39 Å². The minimum absolute atomic E-state index is 0.144. The highest BCUT2D eigenvalue weighted by Crippen LogP contribution is 2.32. The summed E-state index contributed by atoms with van der Waals surface area (Å²) in [6, 6.07) is 13.6. The van der Waals surface area contributed by atoms with E-state index in [1.54, 1.807) is 0 Å². The summed E-state index contributed by atoms with van der Waals surface area (Å²) in [5.74, 6) is -0.940. The van der Waals surface area contributed by atoms with Gasteiger partial charge in [0, 0.05) is 31.0 Å². The van der Waals surface area contributed by atoms with Crippen molar-refractivity contribution in [2.24, 2.45) is 5.92 Å². The molecular formula is C25H28FN3O2. The molecule has 2 aliphatic heterocycles. The summed E-state index contributed by atoms with van der Waals surface area (Å²) in [6.45, 7) is 6.38. The van der Waals surface area contributed by atoms with Crippen LogP contribution in [0.3, 0.4) is 0 Å². The smallest absolute Gasteiger partial charge is 0.278 e. The molecule has 0 atom stereocenters. The number of carbonyl (C=O) groups is 2. The predicted octanol–water partition coefficient (Wildman–Crippen LogP) is 4.66. The van der Waals surface area contributed by atoms with Crippen molar-refractivity contribution < 1.29 is 14.0 Å². The fourth-order valence-electron chi connectivity index (χ4n) is 4.16. The molecule has 2 aromatic rings. The van der Waals surface area contributed by atoms with E-state index in [1.165, 1.54) is 48.4 Å². The molecule has 0 aliphatic carbocycles. The normalized spacial score (nSPS) is 17.2. The molecule has 2 aromatic carbocycles. The van der Waals surface area contributed by atoms with Crippen molar-refractivity contribution >= 4 is 28.8 Å². The Bertz CT molecular complexity index is 990. The highest BCUT2D eigenvalue weighted by Gasteiger charge is 2.39. The highest BCUT2D eigenvalue weighted by atomic mass is 19.1. The van der Waals surface area contributed by atoms with E-state index in [9.17, 15) is 14.0 Å². The highest BCUT2D eigenvalue weighted by molar-refractivity contribution is 6.36. The third kappa shape index (κ3) is 4.48. The van der Waals surface area contributed by atoms with Crippen LogP contribution in [0, 0.1) is 11.7 Å². The minimum atomic E-state index is -0.386. The second kappa shape index (κ2) is 8.92. The number of hydrogen-bond donors (Lipinski definition) is 1. The van der Waals surface area contributed by atoms with Crippen LogP contribution in [-0.2, 0) is 9.59 Å². The number of imide groups is 1. The summed E-state index contributed by atoms with van der Waals surface area (Å²) < 4.78 is 13.4. The number of carbonyl (C=O) groups excluding carboxylic acids is 2. The van der Waals surface area contributed by atoms with E-state index in [1.807, 2.05) is 38.1 Å². The van der Waals surface area contributed by atoms with Gasteiger partial charge in [0.05, 0.1) is 5.57 Å². The first-order valence-corrected chi connectivity index (χ1v) is 10.9. The van der Waals surface area contributed by atoms with Crippen molar-refractivity contribution in [1.29, 1.82) is 0 Å². The van der Waals surface area contributed by atoms with Gasteiger partial charge in [0.2, 0.25) is 0 Å². The summed E-state index contributed by atoms with van der Waals surface area (Å²) in [4.78, 5) is 29.9. The van der Waals surface area contributed by atoms with Crippen LogP contribution >= 0.6 is 0 Å². The van der Waals surface area contributed by atoms with Gasteiger partial charge >= 0.3 is 0 Å². The van der Waals surface area contributed by atoms with Gasteiger partial charge in [-0.2, -0.15) is 0 Å². The molecule has 0 spiro atoms. The molecule has 2 amide bonds. The Labute approximate surface area is 182 Å². The van der Waals surface area contributed by atoms with Crippen molar-refractivity contribution in [3.8, 4) is 0 Å². The van der Waals surface area contributed by atoms with Gasteiger partial charge in [0.15, 0.2) is 0 Å². The molecule has 6 heteroatoms. The van der Waals surface area contributed by atoms with Gasteiger partial charge in [-0.15, -0.1) is 0 Å². The number of benzene rings is 2. The van der Waals surface area contributed by atoms with Crippen molar-refractivity contribution in [2.45, 2.75) is 33.1 Å². The molecule has 1 saturated heterocycles. The lowest BCUT2D eigenvalue weighted by atomic mass is 10.0. The maximum absolute atomic E-state index is 13.4. The van der Waals surface area contributed by atoms with Crippen LogP contribution in [-0.4, -0.2) is 36.3 Å². The van der Waals surface area contributed by atoms with Gasteiger partial charge in [0.1, 0.15) is 11.5 Å².